The number of unbranched alkanes of at least 4 members (excludes halogenated alkanes) is 3. The summed E-state index contributed by atoms with van der Waals surface area (Å²) < 4.78 is 5.73. The number of likely N-dealkylation sites (tertiary alicyclic amines) is 1. The van der Waals surface area contributed by atoms with Gasteiger partial charge in [0.25, 0.3) is 11.7 Å². The molecule has 2 aromatic rings. The van der Waals surface area contributed by atoms with E-state index in [-0.39, 0.29) is 11.3 Å². The Balaban J connectivity index is 1.92. The van der Waals surface area contributed by atoms with E-state index in [0.717, 1.165) is 43.4 Å². The zero-order valence-electron chi connectivity index (χ0n) is 18.3. The maximum atomic E-state index is 12.9. The summed E-state index contributed by atoms with van der Waals surface area (Å²) in [6, 6.07) is 15.8. The molecule has 0 saturated carbocycles. The van der Waals surface area contributed by atoms with Crippen LogP contribution in [0.15, 0.2) is 60.2 Å². The molecular weight excluding hydrogens is 390 g/mol. The number of aliphatic hydroxyl groups excluding tert-OH is 1. The van der Waals surface area contributed by atoms with E-state index >= 15 is 0 Å². The number of hydrogen-bond acceptors (Lipinski definition) is 4. The van der Waals surface area contributed by atoms with E-state index in [1.165, 1.54) is 0 Å². The molecule has 0 bridgehead atoms. The molecule has 5 nitrogen and oxygen atoms in total. The first-order chi connectivity index (χ1) is 15.1. The number of hydrogen-bond donors (Lipinski definition) is 1. The van der Waals surface area contributed by atoms with Gasteiger partial charge in [0.1, 0.15) is 11.5 Å². The molecular formula is C26H31NO4. The Morgan fingerprint density at radius 1 is 0.935 bits per heavy atom. The third-order valence-corrected chi connectivity index (χ3v) is 5.55. The van der Waals surface area contributed by atoms with Crippen LogP contribution in [0.4, 0.5) is 0 Å². The lowest BCUT2D eigenvalue weighted by Crippen LogP contribution is -2.30. The second-order valence-corrected chi connectivity index (χ2v) is 7.84. The van der Waals surface area contributed by atoms with E-state index < -0.39 is 17.7 Å². The van der Waals surface area contributed by atoms with Gasteiger partial charge in [-0.2, -0.15) is 0 Å². The molecule has 1 heterocycles. The van der Waals surface area contributed by atoms with Crippen molar-refractivity contribution in [2.75, 3.05) is 13.2 Å². The van der Waals surface area contributed by atoms with Gasteiger partial charge in [-0.15, -0.1) is 0 Å². The fourth-order valence-electron chi connectivity index (χ4n) is 3.83. The number of ketones is 1. The smallest absolute Gasteiger partial charge is 0.295 e. The number of Topliss-reactive ketones (excluding diaryl/α,β-unsaturated/α-hetero) is 1. The Bertz CT molecular complexity index is 918. The van der Waals surface area contributed by atoms with Crippen molar-refractivity contribution in [3.8, 4) is 5.75 Å². The number of benzene rings is 2. The van der Waals surface area contributed by atoms with Crippen LogP contribution in [0.3, 0.4) is 0 Å². The van der Waals surface area contributed by atoms with Crippen LogP contribution < -0.4 is 4.74 Å². The van der Waals surface area contributed by atoms with Gasteiger partial charge in [0.05, 0.1) is 18.2 Å². The Morgan fingerprint density at radius 3 is 2.26 bits per heavy atom. The molecule has 0 aromatic heterocycles. The molecule has 1 aliphatic rings. The van der Waals surface area contributed by atoms with Gasteiger partial charge in [0, 0.05) is 12.1 Å². The van der Waals surface area contributed by atoms with Gasteiger partial charge in [-0.3, -0.25) is 9.59 Å². The van der Waals surface area contributed by atoms with Gasteiger partial charge < -0.3 is 14.7 Å². The average molecular weight is 422 g/mol. The van der Waals surface area contributed by atoms with Crippen molar-refractivity contribution in [1.82, 2.24) is 4.90 Å². The molecule has 0 radical (unpaired) electrons. The second-order valence-electron chi connectivity index (χ2n) is 7.84. The quantitative estimate of drug-likeness (QED) is 0.239. The van der Waals surface area contributed by atoms with Crippen LogP contribution in [0.2, 0.25) is 0 Å². The molecule has 0 spiro atoms. The van der Waals surface area contributed by atoms with Crippen molar-refractivity contribution in [2.24, 2.45) is 0 Å². The molecule has 1 amide bonds. The fourth-order valence-corrected chi connectivity index (χ4v) is 3.83. The maximum Gasteiger partial charge on any atom is 0.295 e. The van der Waals surface area contributed by atoms with Gasteiger partial charge in [-0.1, -0.05) is 63.4 Å². The van der Waals surface area contributed by atoms with E-state index in [0.29, 0.717) is 18.7 Å². The number of carbonyl (C=O) groups is 2. The summed E-state index contributed by atoms with van der Waals surface area (Å²) in [4.78, 5) is 27.3. The lowest BCUT2D eigenvalue weighted by Gasteiger charge is -2.25. The maximum absolute atomic E-state index is 12.9. The largest absolute Gasteiger partial charge is 0.507 e. The predicted molar refractivity (Wildman–Crippen MR) is 122 cm³/mol. The van der Waals surface area contributed by atoms with Gasteiger partial charge in [-0.25, -0.2) is 0 Å². The van der Waals surface area contributed by atoms with Crippen LogP contribution in [0.25, 0.3) is 5.76 Å². The number of amides is 1. The Hall–Kier alpha value is -3.08. The summed E-state index contributed by atoms with van der Waals surface area (Å²) in [7, 11) is 0. The zero-order valence-corrected chi connectivity index (χ0v) is 18.3. The Morgan fingerprint density at radius 2 is 1.61 bits per heavy atom. The van der Waals surface area contributed by atoms with Gasteiger partial charge in [0.15, 0.2) is 0 Å². The van der Waals surface area contributed by atoms with E-state index in [2.05, 4.69) is 6.92 Å². The molecule has 1 unspecified atom stereocenters. The number of aliphatic hydroxyl groups is 1. The van der Waals surface area contributed by atoms with Crippen LogP contribution in [0.5, 0.6) is 5.75 Å². The molecule has 1 atom stereocenters. The Kier molecular flexibility index (Phi) is 7.88. The molecule has 3 rings (SSSR count). The highest BCUT2D eigenvalue weighted by Gasteiger charge is 2.45. The van der Waals surface area contributed by atoms with Crippen molar-refractivity contribution >= 4 is 17.4 Å². The predicted octanol–water partition coefficient (Wildman–Crippen LogP) is 5.48. The zero-order chi connectivity index (χ0) is 22.2. The third kappa shape index (κ3) is 5.16. The molecule has 1 N–H and O–H groups in total. The first-order valence-corrected chi connectivity index (χ1v) is 11.1. The van der Waals surface area contributed by atoms with Crippen molar-refractivity contribution in [1.29, 1.82) is 0 Å². The SMILES string of the molecule is CCCCCOc1ccc(/C(O)=C2/C(=O)C(=O)N(CCCC)C2c2ccccc2)cc1. The average Bonchev–Trinajstić information content (AvgIpc) is 3.06. The van der Waals surface area contributed by atoms with E-state index in [4.69, 9.17) is 4.74 Å². The minimum absolute atomic E-state index is 0.143. The van der Waals surface area contributed by atoms with E-state index in [1.807, 2.05) is 37.3 Å². The summed E-state index contributed by atoms with van der Waals surface area (Å²) >= 11 is 0. The highest BCUT2D eigenvalue weighted by molar-refractivity contribution is 6.46. The van der Waals surface area contributed by atoms with Gasteiger partial charge in [-0.05, 0) is 42.7 Å². The van der Waals surface area contributed by atoms with Crippen molar-refractivity contribution in [2.45, 2.75) is 52.0 Å². The highest BCUT2D eigenvalue weighted by Crippen LogP contribution is 2.39. The summed E-state index contributed by atoms with van der Waals surface area (Å²) in [5.41, 5.74) is 1.45. The standard InChI is InChI=1S/C26H31NO4/c1-3-5-10-18-31-21-15-13-20(14-16-21)24(28)22-23(19-11-8-7-9-12-19)27(17-6-4-2)26(30)25(22)29/h7-9,11-16,23,28H,3-6,10,17-18H2,1-2H3/b24-22-. The first-order valence-electron chi connectivity index (χ1n) is 11.1. The van der Waals surface area contributed by atoms with Gasteiger partial charge >= 0.3 is 0 Å². The van der Waals surface area contributed by atoms with Crippen LogP contribution in [-0.2, 0) is 9.59 Å². The lowest BCUT2D eigenvalue weighted by molar-refractivity contribution is -0.139. The topological polar surface area (TPSA) is 66.8 Å². The van der Waals surface area contributed by atoms with E-state index in [9.17, 15) is 14.7 Å². The van der Waals surface area contributed by atoms with E-state index in [1.54, 1.807) is 29.2 Å². The fraction of sp³-hybridized carbons (Fsp3) is 0.385. The number of nitrogens with zero attached hydrogens (tertiary/aromatic N) is 1. The summed E-state index contributed by atoms with van der Waals surface area (Å²) in [5.74, 6) is -0.624. The van der Waals surface area contributed by atoms with Crippen molar-refractivity contribution in [3.05, 3.63) is 71.3 Å². The molecule has 0 aliphatic carbocycles. The summed E-state index contributed by atoms with van der Waals surface area (Å²) in [5, 5.41) is 11.1. The van der Waals surface area contributed by atoms with Crippen LogP contribution in [-0.4, -0.2) is 34.8 Å². The van der Waals surface area contributed by atoms with Crippen LogP contribution in [0.1, 0.15) is 63.1 Å². The molecule has 1 aliphatic heterocycles. The normalized spacial score (nSPS) is 17.9. The van der Waals surface area contributed by atoms with Crippen molar-refractivity contribution < 1.29 is 19.4 Å². The third-order valence-electron chi connectivity index (χ3n) is 5.55. The minimum Gasteiger partial charge on any atom is -0.507 e. The molecule has 1 fully saturated rings. The minimum atomic E-state index is -0.637. The molecule has 1 saturated heterocycles. The van der Waals surface area contributed by atoms with Crippen LogP contribution >= 0.6 is 0 Å². The molecule has 2 aromatic carbocycles. The molecule has 5 heteroatoms. The molecule has 164 valence electrons. The second kappa shape index (κ2) is 10.8. The number of ether oxygens (including phenoxy) is 1. The van der Waals surface area contributed by atoms with Gasteiger partial charge in [0.2, 0.25) is 0 Å². The lowest BCUT2D eigenvalue weighted by atomic mass is 9.95. The number of rotatable bonds is 10. The Labute approximate surface area is 184 Å². The first kappa shape index (κ1) is 22.6. The van der Waals surface area contributed by atoms with Crippen molar-refractivity contribution in [3.63, 3.8) is 0 Å². The monoisotopic (exact) mass is 421 g/mol. The summed E-state index contributed by atoms with van der Waals surface area (Å²) in [6.45, 7) is 5.31. The van der Waals surface area contributed by atoms with Crippen LogP contribution in [0, 0.1) is 0 Å². The summed E-state index contributed by atoms with van der Waals surface area (Å²) in [6.07, 6.45) is 4.95. The number of carbonyl (C=O) groups excluding carboxylic acids is 2. The molecule has 31 heavy (non-hydrogen) atoms. The highest BCUT2D eigenvalue weighted by atomic mass is 16.5.